The Morgan fingerprint density at radius 2 is 1.93 bits per heavy atom. The summed E-state index contributed by atoms with van der Waals surface area (Å²) in [6, 6.07) is 16.2. The topological polar surface area (TPSA) is 77.4 Å². The van der Waals surface area contributed by atoms with Crippen molar-refractivity contribution in [3.8, 4) is 11.8 Å². The molecular weight excluding hydrogens is 376 g/mol. The SMILES string of the molecule is CCCNC(=O)Nc1ccc(C2C(C#N)c3ccc(OCC)cc3N2C(C)C)cc1. The van der Waals surface area contributed by atoms with Crippen LogP contribution in [0.25, 0.3) is 0 Å². The van der Waals surface area contributed by atoms with Crippen molar-refractivity contribution in [2.75, 3.05) is 23.4 Å². The Balaban J connectivity index is 1.90. The van der Waals surface area contributed by atoms with Gasteiger partial charge in [0, 0.05) is 30.0 Å². The molecule has 158 valence electrons. The molecule has 0 bridgehead atoms. The number of nitriles is 1. The summed E-state index contributed by atoms with van der Waals surface area (Å²) in [5.41, 5.74) is 3.85. The molecule has 3 rings (SSSR count). The number of nitrogens with one attached hydrogen (secondary N) is 2. The van der Waals surface area contributed by atoms with Crippen LogP contribution in [0.2, 0.25) is 0 Å². The maximum absolute atomic E-state index is 11.9. The molecular formula is C24H30N4O2. The summed E-state index contributed by atoms with van der Waals surface area (Å²) in [5.74, 6) is 0.543. The number of rotatable bonds is 7. The van der Waals surface area contributed by atoms with Crippen LogP contribution in [0.15, 0.2) is 42.5 Å². The highest BCUT2D eigenvalue weighted by Gasteiger charge is 2.41. The maximum Gasteiger partial charge on any atom is 0.319 e. The van der Waals surface area contributed by atoms with Gasteiger partial charge in [0.25, 0.3) is 0 Å². The van der Waals surface area contributed by atoms with Crippen LogP contribution in [-0.4, -0.2) is 25.2 Å². The fourth-order valence-corrected chi connectivity index (χ4v) is 4.02. The summed E-state index contributed by atoms with van der Waals surface area (Å²) in [4.78, 5) is 14.2. The molecule has 6 heteroatoms. The normalized spacial score (nSPS) is 17.4. The lowest BCUT2D eigenvalue weighted by molar-refractivity contribution is 0.252. The first-order valence-corrected chi connectivity index (χ1v) is 10.6. The quantitative estimate of drug-likeness (QED) is 0.663. The molecule has 0 fully saturated rings. The molecule has 0 saturated heterocycles. The number of nitrogens with zero attached hydrogens (tertiary/aromatic N) is 2. The van der Waals surface area contributed by atoms with E-state index in [1.165, 1.54) is 0 Å². The third kappa shape index (κ3) is 4.35. The highest BCUT2D eigenvalue weighted by atomic mass is 16.5. The number of anilines is 2. The molecule has 0 saturated carbocycles. The predicted molar refractivity (Wildman–Crippen MR) is 120 cm³/mol. The van der Waals surface area contributed by atoms with Gasteiger partial charge in [0.05, 0.1) is 24.6 Å². The lowest BCUT2D eigenvalue weighted by atomic mass is 9.91. The van der Waals surface area contributed by atoms with E-state index in [4.69, 9.17) is 4.74 Å². The summed E-state index contributed by atoms with van der Waals surface area (Å²) in [6.07, 6.45) is 0.889. The molecule has 2 unspecified atom stereocenters. The zero-order valence-electron chi connectivity index (χ0n) is 18.1. The van der Waals surface area contributed by atoms with Gasteiger partial charge in [-0.3, -0.25) is 0 Å². The monoisotopic (exact) mass is 406 g/mol. The number of ether oxygens (including phenoxy) is 1. The first-order valence-electron chi connectivity index (χ1n) is 10.6. The van der Waals surface area contributed by atoms with Gasteiger partial charge < -0.3 is 20.3 Å². The van der Waals surface area contributed by atoms with Crippen molar-refractivity contribution in [3.63, 3.8) is 0 Å². The van der Waals surface area contributed by atoms with Crippen molar-refractivity contribution in [1.29, 1.82) is 5.26 Å². The standard InChI is InChI=1S/C24H30N4O2/c1-5-13-26-24(29)27-18-9-7-17(8-10-18)23-21(15-25)20-12-11-19(30-6-2)14-22(20)28(23)16(3)4/h7-12,14,16,21,23H,5-6,13H2,1-4H3,(H2,26,27,29). The molecule has 6 nitrogen and oxygen atoms in total. The van der Waals surface area contributed by atoms with Crippen LogP contribution in [0.4, 0.5) is 16.2 Å². The molecule has 0 aromatic heterocycles. The first kappa shape index (κ1) is 21.5. The van der Waals surface area contributed by atoms with Crippen molar-refractivity contribution in [2.45, 2.75) is 52.1 Å². The minimum atomic E-state index is -0.273. The summed E-state index contributed by atoms with van der Waals surface area (Å²) >= 11 is 0. The average molecular weight is 407 g/mol. The Morgan fingerprint density at radius 3 is 2.53 bits per heavy atom. The zero-order valence-corrected chi connectivity index (χ0v) is 18.1. The zero-order chi connectivity index (χ0) is 21.7. The molecule has 2 amide bonds. The van der Waals surface area contributed by atoms with Gasteiger partial charge in [-0.25, -0.2) is 4.79 Å². The minimum Gasteiger partial charge on any atom is -0.494 e. The van der Waals surface area contributed by atoms with Crippen LogP contribution in [0.3, 0.4) is 0 Å². The van der Waals surface area contributed by atoms with Crippen molar-refractivity contribution in [1.82, 2.24) is 5.32 Å². The van der Waals surface area contributed by atoms with Crippen LogP contribution in [0, 0.1) is 11.3 Å². The van der Waals surface area contributed by atoms with Crippen molar-refractivity contribution >= 4 is 17.4 Å². The van der Waals surface area contributed by atoms with Gasteiger partial charge in [0.1, 0.15) is 5.75 Å². The molecule has 1 heterocycles. The largest absolute Gasteiger partial charge is 0.494 e. The number of amides is 2. The molecule has 2 atom stereocenters. The van der Waals surface area contributed by atoms with Crippen molar-refractivity contribution in [3.05, 3.63) is 53.6 Å². The molecule has 0 spiro atoms. The van der Waals surface area contributed by atoms with Crippen molar-refractivity contribution in [2.24, 2.45) is 0 Å². The molecule has 2 aromatic carbocycles. The Bertz CT molecular complexity index is 918. The minimum absolute atomic E-state index is 0.0927. The number of fused-ring (bicyclic) bond motifs is 1. The number of benzene rings is 2. The number of hydrogen-bond donors (Lipinski definition) is 2. The molecule has 2 aromatic rings. The lowest BCUT2D eigenvalue weighted by Crippen LogP contribution is -2.33. The number of urea groups is 1. The Hall–Kier alpha value is -3.20. The fraction of sp³-hybridized carbons (Fsp3) is 0.417. The van der Waals surface area contributed by atoms with Crippen LogP contribution in [0.5, 0.6) is 5.75 Å². The second kappa shape index (κ2) is 9.53. The molecule has 1 aliphatic heterocycles. The summed E-state index contributed by atoms with van der Waals surface area (Å²) < 4.78 is 5.69. The Kier molecular flexibility index (Phi) is 6.83. The van der Waals surface area contributed by atoms with E-state index >= 15 is 0 Å². The van der Waals surface area contributed by atoms with E-state index in [0.717, 1.165) is 34.7 Å². The lowest BCUT2D eigenvalue weighted by Gasteiger charge is -2.33. The van der Waals surface area contributed by atoms with Gasteiger partial charge in [-0.1, -0.05) is 25.1 Å². The van der Waals surface area contributed by atoms with E-state index < -0.39 is 0 Å². The summed E-state index contributed by atoms with van der Waals surface area (Å²) in [5, 5.41) is 15.6. The molecule has 30 heavy (non-hydrogen) atoms. The van der Waals surface area contributed by atoms with Gasteiger partial charge in [0.15, 0.2) is 0 Å². The summed E-state index contributed by atoms with van der Waals surface area (Å²) in [7, 11) is 0. The predicted octanol–water partition coefficient (Wildman–Crippen LogP) is 5.19. The van der Waals surface area contributed by atoms with E-state index in [2.05, 4.69) is 35.5 Å². The average Bonchev–Trinajstić information content (AvgIpc) is 3.06. The molecule has 1 aliphatic rings. The first-order chi connectivity index (χ1) is 14.5. The van der Waals surface area contributed by atoms with Gasteiger partial charge in [0.2, 0.25) is 0 Å². The van der Waals surface area contributed by atoms with Crippen LogP contribution in [-0.2, 0) is 0 Å². The Morgan fingerprint density at radius 1 is 1.20 bits per heavy atom. The third-order valence-electron chi connectivity index (χ3n) is 5.28. The maximum atomic E-state index is 11.9. The second-order valence-corrected chi connectivity index (χ2v) is 7.71. The molecule has 0 aliphatic carbocycles. The Labute approximate surface area is 178 Å². The van der Waals surface area contributed by atoms with Gasteiger partial charge >= 0.3 is 6.03 Å². The number of carbonyl (C=O) groups excluding carboxylic acids is 1. The number of carbonyl (C=O) groups is 1. The summed E-state index contributed by atoms with van der Waals surface area (Å²) in [6.45, 7) is 9.49. The smallest absolute Gasteiger partial charge is 0.319 e. The van der Waals surface area contributed by atoms with E-state index in [9.17, 15) is 10.1 Å². The van der Waals surface area contributed by atoms with Crippen LogP contribution in [0.1, 0.15) is 57.2 Å². The fourth-order valence-electron chi connectivity index (χ4n) is 4.02. The van der Waals surface area contributed by atoms with Gasteiger partial charge in [-0.05, 0) is 56.5 Å². The highest BCUT2D eigenvalue weighted by Crippen LogP contribution is 2.50. The molecule has 2 N–H and O–H groups in total. The van der Waals surface area contributed by atoms with Crippen LogP contribution < -0.4 is 20.3 Å². The highest BCUT2D eigenvalue weighted by molar-refractivity contribution is 5.89. The van der Waals surface area contributed by atoms with Gasteiger partial charge in [-0.2, -0.15) is 5.26 Å². The van der Waals surface area contributed by atoms with Crippen LogP contribution >= 0.6 is 0 Å². The van der Waals surface area contributed by atoms with E-state index in [1.54, 1.807) is 0 Å². The van der Waals surface area contributed by atoms with E-state index in [-0.39, 0.29) is 24.0 Å². The second-order valence-electron chi connectivity index (χ2n) is 7.71. The third-order valence-corrected chi connectivity index (χ3v) is 5.28. The van der Waals surface area contributed by atoms with E-state index in [0.29, 0.717) is 13.2 Å². The molecule has 0 radical (unpaired) electrons. The number of hydrogen-bond acceptors (Lipinski definition) is 4. The van der Waals surface area contributed by atoms with Gasteiger partial charge in [-0.15, -0.1) is 0 Å². The van der Waals surface area contributed by atoms with Crippen molar-refractivity contribution < 1.29 is 9.53 Å². The van der Waals surface area contributed by atoms with E-state index in [1.807, 2.05) is 56.3 Å².